The molecule has 1 N–H and O–H groups in total. The number of aliphatic hydroxyl groups is 1. The van der Waals surface area contributed by atoms with Gasteiger partial charge in [-0.3, -0.25) is 14.7 Å². The molecule has 1 aliphatic rings. The van der Waals surface area contributed by atoms with Crippen LogP contribution in [0.2, 0.25) is 0 Å². The van der Waals surface area contributed by atoms with Crippen molar-refractivity contribution in [3.63, 3.8) is 0 Å². The average molecular weight is 387 g/mol. The van der Waals surface area contributed by atoms with Crippen LogP contribution in [-0.2, 0) is 17.9 Å². The Kier molecular flexibility index (Phi) is 6.26. The number of rotatable bonds is 7. The van der Waals surface area contributed by atoms with Gasteiger partial charge in [0.05, 0.1) is 12.8 Å². The number of piperidine rings is 1. The van der Waals surface area contributed by atoms with Crippen molar-refractivity contribution in [2.75, 3.05) is 27.2 Å². The molecule has 1 atom stereocenters. The number of nitrogens with zero attached hydrogens (tertiary/aromatic N) is 3. The number of ether oxygens (including phenoxy) is 1. The zero-order chi connectivity index (χ0) is 20.1. The molecule has 0 aliphatic carbocycles. The Morgan fingerprint density at radius 1 is 1.36 bits per heavy atom. The molecule has 1 fully saturated rings. The molecule has 2 heterocycles. The fourth-order valence-electron chi connectivity index (χ4n) is 3.64. The van der Waals surface area contributed by atoms with Crippen molar-refractivity contribution in [3.8, 4) is 5.75 Å². The molecule has 28 heavy (non-hydrogen) atoms. The van der Waals surface area contributed by atoms with Crippen molar-refractivity contribution in [2.45, 2.75) is 31.5 Å². The summed E-state index contributed by atoms with van der Waals surface area (Å²) in [4.78, 5) is 20.7. The number of amides is 1. The number of carbonyl (C=O) groups excluding carboxylic acids is 1. The maximum absolute atomic E-state index is 14.2. The smallest absolute Gasteiger partial charge is 0.256 e. The lowest BCUT2D eigenvalue weighted by Crippen LogP contribution is -2.57. The van der Waals surface area contributed by atoms with Gasteiger partial charge in [0, 0.05) is 37.9 Å². The predicted octanol–water partition coefficient (Wildman–Crippen LogP) is 2.21. The van der Waals surface area contributed by atoms with Crippen LogP contribution in [0.25, 0.3) is 0 Å². The summed E-state index contributed by atoms with van der Waals surface area (Å²) in [6, 6.07) is 10.1. The largest absolute Gasteiger partial charge is 0.497 e. The number of aromatic nitrogens is 1. The van der Waals surface area contributed by atoms with E-state index in [2.05, 4.69) is 4.98 Å². The van der Waals surface area contributed by atoms with Crippen LogP contribution < -0.4 is 4.74 Å². The number of halogens is 1. The minimum atomic E-state index is -1.49. The fourth-order valence-corrected chi connectivity index (χ4v) is 3.64. The number of methoxy groups -OCH3 is 1. The van der Waals surface area contributed by atoms with Gasteiger partial charge in [0.15, 0.2) is 5.60 Å². The van der Waals surface area contributed by atoms with Gasteiger partial charge in [0.25, 0.3) is 5.91 Å². The Morgan fingerprint density at radius 3 is 2.89 bits per heavy atom. The summed E-state index contributed by atoms with van der Waals surface area (Å²) >= 11 is 0. The molecule has 1 aliphatic heterocycles. The first-order chi connectivity index (χ1) is 13.4. The number of hydrogen-bond acceptors (Lipinski definition) is 5. The van der Waals surface area contributed by atoms with Crippen LogP contribution in [0.4, 0.5) is 4.39 Å². The van der Waals surface area contributed by atoms with Gasteiger partial charge in [0.2, 0.25) is 0 Å². The van der Waals surface area contributed by atoms with E-state index in [0.29, 0.717) is 37.2 Å². The third kappa shape index (κ3) is 4.66. The highest BCUT2D eigenvalue weighted by Crippen LogP contribution is 2.27. The molecular weight excluding hydrogens is 361 g/mol. The van der Waals surface area contributed by atoms with Crippen molar-refractivity contribution in [1.82, 2.24) is 14.8 Å². The van der Waals surface area contributed by atoms with Crippen molar-refractivity contribution in [2.24, 2.45) is 0 Å². The van der Waals surface area contributed by atoms with Crippen LogP contribution in [0.5, 0.6) is 5.75 Å². The van der Waals surface area contributed by atoms with E-state index < -0.39 is 11.4 Å². The molecular formula is C21H26FN3O3. The van der Waals surface area contributed by atoms with E-state index in [-0.39, 0.29) is 19.0 Å². The van der Waals surface area contributed by atoms with Crippen LogP contribution in [0.1, 0.15) is 24.1 Å². The van der Waals surface area contributed by atoms with Crippen molar-refractivity contribution < 1.29 is 19.0 Å². The molecule has 0 unspecified atom stereocenters. The molecule has 0 spiro atoms. The number of pyridine rings is 1. The monoisotopic (exact) mass is 387 g/mol. The highest BCUT2D eigenvalue weighted by Gasteiger charge is 2.43. The summed E-state index contributed by atoms with van der Waals surface area (Å²) in [6.07, 6.45) is 2.76. The normalized spacial score (nSPS) is 19.9. The zero-order valence-electron chi connectivity index (χ0n) is 16.3. The molecule has 0 bridgehead atoms. The van der Waals surface area contributed by atoms with Crippen molar-refractivity contribution >= 4 is 5.91 Å². The average Bonchev–Trinajstić information content (AvgIpc) is 2.68. The zero-order valence-corrected chi connectivity index (χ0v) is 16.3. The lowest BCUT2D eigenvalue weighted by molar-refractivity contribution is -0.160. The van der Waals surface area contributed by atoms with E-state index >= 15 is 0 Å². The first-order valence-electron chi connectivity index (χ1n) is 9.34. The lowest BCUT2D eigenvalue weighted by Gasteiger charge is -2.40. The van der Waals surface area contributed by atoms with Gasteiger partial charge in [-0.1, -0.05) is 6.07 Å². The van der Waals surface area contributed by atoms with Gasteiger partial charge in [-0.2, -0.15) is 0 Å². The molecule has 7 heteroatoms. The summed E-state index contributed by atoms with van der Waals surface area (Å²) in [5, 5.41) is 11.0. The first-order valence-corrected chi connectivity index (χ1v) is 9.34. The van der Waals surface area contributed by atoms with E-state index in [4.69, 9.17) is 4.74 Å². The Bertz CT molecular complexity index is 818. The van der Waals surface area contributed by atoms with E-state index in [0.717, 1.165) is 5.69 Å². The molecule has 1 saturated heterocycles. The topological polar surface area (TPSA) is 65.9 Å². The van der Waals surface area contributed by atoms with Gasteiger partial charge in [-0.05, 0) is 50.2 Å². The van der Waals surface area contributed by atoms with Crippen LogP contribution in [-0.4, -0.2) is 58.6 Å². The minimum absolute atomic E-state index is 0.105. The summed E-state index contributed by atoms with van der Waals surface area (Å²) in [7, 11) is 3.36. The summed E-state index contributed by atoms with van der Waals surface area (Å²) in [5.74, 6) is -0.227. The lowest BCUT2D eigenvalue weighted by atomic mass is 9.90. The highest BCUT2D eigenvalue weighted by atomic mass is 19.1. The third-order valence-electron chi connectivity index (χ3n) is 5.01. The van der Waals surface area contributed by atoms with Gasteiger partial charge in [-0.15, -0.1) is 0 Å². The Morgan fingerprint density at radius 2 is 2.18 bits per heavy atom. The Balaban J connectivity index is 1.68. The summed E-state index contributed by atoms with van der Waals surface area (Å²) < 4.78 is 19.3. The molecule has 0 radical (unpaired) electrons. The molecule has 2 aromatic rings. The molecule has 3 rings (SSSR count). The molecule has 1 aromatic heterocycles. The molecule has 1 amide bonds. The number of hydrogen-bond donors (Lipinski definition) is 1. The Labute approximate surface area is 164 Å². The Hall–Kier alpha value is -2.51. The first kappa shape index (κ1) is 20.2. The van der Waals surface area contributed by atoms with Gasteiger partial charge in [-0.25, -0.2) is 4.39 Å². The molecule has 6 nitrogen and oxygen atoms in total. The van der Waals surface area contributed by atoms with Crippen molar-refractivity contribution in [1.29, 1.82) is 0 Å². The van der Waals surface area contributed by atoms with Crippen LogP contribution in [0.3, 0.4) is 0 Å². The van der Waals surface area contributed by atoms with Crippen LogP contribution in [0, 0.1) is 5.82 Å². The quantitative estimate of drug-likeness (QED) is 0.789. The maximum Gasteiger partial charge on any atom is 0.256 e. The predicted molar refractivity (Wildman–Crippen MR) is 103 cm³/mol. The third-order valence-corrected chi connectivity index (χ3v) is 5.01. The van der Waals surface area contributed by atoms with E-state index in [9.17, 15) is 14.3 Å². The molecule has 150 valence electrons. The van der Waals surface area contributed by atoms with Crippen LogP contribution >= 0.6 is 0 Å². The molecule has 1 aromatic carbocycles. The summed E-state index contributed by atoms with van der Waals surface area (Å²) in [6.45, 7) is 1.32. The van der Waals surface area contributed by atoms with Gasteiger partial charge < -0.3 is 14.7 Å². The second-order valence-electron chi connectivity index (χ2n) is 7.31. The second kappa shape index (κ2) is 8.67. The van der Waals surface area contributed by atoms with Gasteiger partial charge in [0.1, 0.15) is 11.6 Å². The fraction of sp³-hybridized carbons (Fsp3) is 0.429. The highest BCUT2D eigenvalue weighted by molar-refractivity contribution is 5.86. The van der Waals surface area contributed by atoms with E-state index in [1.807, 2.05) is 30.1 Å². The van der Waals surface area contributed by atoms with E-state index in [1.165, 1.54) is 18.1 Å². The number of benzene rings is 1. The second-order valence-corrected chi connectivity index (χ2v) is 7.31. The summed E-state index contributed by atoms with van der Waals surface area (Å²) in [5.41, 5.74) is -0.247. The number of likely N-dealkylation sites (N-methyl/N-ethyl adjacent to an activating group) is 1. The molecule has 0 saturated carbocycles. The van der Waals surface area contributed by atoms with Crippen LogP contribution in [0.15, 0.2) is 42.6 Å². The minimum Gasteiger partial charge on any atom is -0.497 e. The maximum atomic E-state index is 14.2. The van der Waals surface area contributed by atoms with Gasteiger partial charge >= 0.3 is 0 Å². The van der Waals surface area contributed by atoms with Crippen molar-refractivity contribution in [3.05, 3.63) is 59.7 Å². The number of likely N-dealkylation sites (tertiary alicyclic amines) is 1. The number of carbonyl (C=O) groups is 1. The SMILES string of the molecule is COc1ccc(F)c(CN2CCC[C@@](O)(CN(C)Cc3ccccn3)C2=O)c1. The standard InChI is InChI=1S/C21H26FN3O3/c1-24(14-17-6-3-4-10-23-17)15-21(27)9-5-11-25(20(21)26)13-16-12-18(28-2)7-8-19(16)22/h3-4,6-8,10,12,27H,5,9,11,13-15H2,1-2H3/t21-/m1/s1. The van der Waals surface area contributed by atoms with E-state index in [1.54, 1.807) is 18.3 Å².